The van der Waals surface area contributed by atoms with Crippen LogP contribution in [-0.4, -0.2) is 34.3 Å². The molecule has 3 rings (SSSR count). The second kappa shape index (κ2) is 8.01. The number of carboxylic acids is 1. The van der Waals surface area contributed by atoms with Crippen LogP contribution in [0.1, 0.15) is 24.0 Å². The van der Waals surface area contributed by atoms with E-state index < -0.39 is 17.8 Å². The van der Waals surface area contributed by atoms with Crippen molar-refractivity contribution in [3.05, 3.63) is 71.8 Å². The first-order valence-corrected chi connectivity index (χ1v) is 8.51. The number of rotatable bonds is 6. The second-order valence-corrected chi connectivity index (χ2v) is 6.16. The van der Waals surface area contributed by atoms with E-state index in [4.69, 9.17) is 9.47 Å². The maximum atomic E-state index is 12.5. The zero-order chi connectivity index (χ0) is 18.4. The van der Waals surface area contributed by atoms with Crippen molar-refractivity contribution in [2.45, 2.75) is 31.8 Å². The van der Waals surface area contributed by atoms with Gasteiger partial charge in [-0.2, -0.15) is 0 Å². The molecule has 0 aliphatic carbocycles. The fraction of sp³-hybridized carbons (Fsp3) is 0.300. The molecular formula is C20H21NO5. The van der Waals surface area contributed by atoms with Gasteiger partial charge in [-0.1, -0.05) is 60.7 Å². The molecule has 26 heavy (non-hydrogen) atoms. The van der Waals surface area contributed by atoms with Crippen LogP contribution in [0.3, 0.4) is 0 Å². The molecule has 0 bridgehead atoms. The largest absolute Gasteiger partial charge is 0.478 e. The van der Waals surface area contributed by atoms with Crippen LogP contribution in [-0.2, 0) is 27.5 Å². The minimum Gasteiger partial charge on any atom is -0.478 e. The molecule has 1 amide bonds. The second-order valence-electron chi connectivity index (χ2n) is 6.16. The quantitative estimate of drug-likeness (QED) is 0.859. The first kappa shape index (κ1) is 17.9. The van der Waals surface area contributed by atoms with Crippen LogP contribution in [0.15, 0.2) is 60.7 Å². The summed E-state index contributed by atoms with van der Waals surface area (Å²) in [6, 6.07) is 18.5. The van der Waals surface area contributed by atoms with E-state index in [2.05, 4.69) is 0 Å². The Morgan fingerprint density at radius 1 is 0.962 bits per heavy atom. The Morgan fingerprint density at radius 2 is 1.54 bits per heavy atom. The number of likely N-dealkylation sites (tertiary alicyclic amines) is 1. The molecule has 0 radical (unpaired) electrons. The smallest absolute Gasteiger partial charge is 0.412 e. The lowest BCUT2D eigenvalue weighted by atomic mass is 10.1. The van der Waals surface area contributed by atoms with Gasteiger partial charge in [-0.3, -0.25) is 4.90 Å². The Kier molecular flexibility index (Phi) is 5.53. The van der Waals surface area contributed by atoms with Crippen molar-refractivity contribution >= 4 is 12.1 Å². The summed E-state index contributed by atoms with van der Waals surface area (Å²) < 4.78 is 11.1. The van der Waals surface area contributed by atoms with Crippen LogP contribution >= 0.6 is 0 Å². The molecule has 6 nitrogen and oxygen atoms in total. The lowest BCUT2D eigenvalue weighted by Gasteiger charge is -2.33. The van der Waals surface area contributed by atoms with Gasteiger partial charge in [-0.05, 0) is 17.5 Å². The summed E-state index contributed by atoms with van der Waals surface area (Å²) in [4.78, 5) is 25.7. The van der Waals surface area contributed by atoms with Crippen LogP contribution in [0.4, 0.5) is 4.79 Å². The molecule has 1 aliphatic rings. The number of nitrogens with zero attached hydrogens (tertiary/aromatic N) is 1. The molecule has 1 N–H and O–H groups in total. The van der Waals surface area contributed by atoms with Gasteiger partial charge >= 0.3 is 12.1 Å². The summed E-state index contributed by atoms with van der Waals surface area (Å²) in [5, 5.41) is 9.77. The molecule has 0 aromatic heterocycles. The van der Waals surface area contributed by atoms with E-state index in [1.54, 1.807) is 0 Å². The summed E-state index contributed by atoms with van der Waals surface area (Å²) in [5.41, 5.74) is -0.00678. The molecule has 6 heteroatoms. The Labute approximate surface area is 152 Å². The highest BCUT2D eigenvalue weighted by atomic mass is 16.6. The number of ether oxygens (including phenoxy) is 2. The highest BCUT2D eigenvalue weighted by Gasteiger charge is 2.52. The summed E-state index contributed by atoms with van der Waals surface area (Å²) in [6.07, 6.45) is 0.0961. The van der Waals surface area contributed by atoms with Gasteiger partial charge in [0, 0.05) is 13.0 Å². The number of amides is 1. The standard InChI is InChI=1S/C20H21NO5/c22-18(23)20(26-15-17-10-5-2-6-11-17)12-7-13-21(20)19(24)25-14-16-8-3-1-4-9-16/h1-6,8-11H,7,12-15H2,(H,22,23)/t20-/m1/s1. The van der Waals surface area contributed by atoms with Crippen LogP contribution in [0, 0.1) is 0 Å². The third kappa shape index (κ3) is 3.86. The predicted molar refractivity (Wildman–Crippen MR) is 94.2 cm³/mol. The summed E-state index contributed by atoms with van der Waals surface area (Å²) >= 11 is 0. The highest BCUT2D eigenvalue weighted by molar-refractivity contribution is 5.83. The van der Waals surface area contributed by atoms with E-state index in [0.717, 1.165) is 11.1 Å². The molecule has 0 saturated carbocycles. The topological polar surface area (TPSA) is 76.1 Å². The van der Waals surface area contributed by atoms with Gasteiger partial charge in [-0.25, -0.2) is 9.59 Å². The lowest BCUT2D eigenvalue weighted by Crippen LogP contribution is -2.55. The average Bonchev–Trinajstić information content (AvgIpc) is 3.12. The van der Waals surface area contributed by atoms with Crippen LogP contribution in [0.2, 0.25) is 0 Å². The van der Waals surface area contributed by atoms with Crippen LogP contribution in [0.25, 0.3) is 0 Å². The van der Waals surface area contributed by atoms with E-state index >= 15 is 0 Å². The van der Waals surface area contributed by atoms with E-state index in [9.17, 15) is 14.7 Å². The number of benzene rings is 2. The van der Waals surface area contributed by atoms with E-state index in [-0.39, 0.29) is 26.2 Å². The zero-order valence-corrected chi connectivity index (χ0v) is 14.3. The molecule has 1 fully saturated rings. The lowest BCUT2D eigenvalue weighted by molar-refractivity contribution is -0.189. The minimum absolute atomic E-state index is 0.0879. The predicted octanol–water partition coefficient (Wildman–Crippen LogP) is 3.42. The third-order valence-corrected chi connectivity index (χ3v) is 4.41. The molecule has 136 valence electrons. The molecular weight excluding hydrogens is 334 g/mol. The van der Waals surface area contributed by atoms with Crippen molar-refractivity contribution in [2.24, 2.45) is 0 Å². The number of carboxylic acid groups (broad SMARTS) is 1. The summed E-state index contributed by atoms with van der Waals surface area (Å²) in [5.74, 6) is -1.18. The SMILES string of the molecule is O=C(OCc1ccccc1)N1CCC[C@@]1(OCc1ccccc1)C(=O)O. The minimum atomic E-state index is -1.69. The van der Waals surface area contributed by atoms with Crippen molar-refractivity contribution in [2.75, 3.05) is 6.54 Å². The Hall–Kier alpha value is -2.86. The molecule has 1 heterocycles. The number of aliphatic carboxylic acids is 1. The van der Waals surface area contributed by atoms with Gasteiger partial charge in [0.25, 0.3) is 0 Å². The van der Waals surface area contributed by atoms with E-state index in [1.165, 1.54) is 4.90 Å². The maximum absolute atomic E-state index is 12.5. The van der Waals surface area contributed by atoms with Crippen molar-refractivity contribution in [3.63, 3.8) is 0 Å². The molecule has 2 aromatic carbocycles. The molecule has 1 aliphatic heterocycles. The maximum Gasteiger partial charge on any atom is 0.412 e. The van der Waals surface area contributed by atoms with Crippen molar-refractivity contribution in [1.29, 1.82) is 0 Å². The highest BCUT2D eigenvalue weighted by Crippen LogP contribution is 2.33. The van der Waals surface area contributed by atoms with Gasteiger partial charge in [0.1, 0.15) is 6.61 Å². The number of hydrogen-bond donors (Lipinski definition) is 1. The first-order chi connectivity index (χ1) is 12.6. The fourth-order valence-corrected chi connectivity index (χ4v) is 3.04. The van der Waals surface area contributed by atoms with Crippen molar-refractivity contribution in [3.8, 4) is 0 Å². The Bertz CT molecular complexity index is 749. The number of carbonyl (C=O) groups excluding carboxylic acids is 1. The van der Waals surface area contributed by atoms with Crippen molar-refractivity contribution < 1.29 is 24.2 Å². The van der Waals surface area contributed by atoms with Gasteiger partial charge in [-0.15, -0.1) is 0 Å². The molecule has 1 atom stereocenters. The molecule has 2 aromatic rings. The summed E-state index contributed by atoms with van der Waals surface area (Å²) in [7, 11) is 0. The third-order valence-electron chi connectivity index (χ3n) is 4.41. The van der Waals surface area contributed by atoms with Gasteiger partial charge in [0.15, 0.2) is 0 Å². The van der Waals surface area contributed by atoms with Crippen molar-refractivity contribution in [1.82, 2.24) is 4.90 Å². The van der Waals surface area contributed by atoms with Crippen LogP contribution < -0.4 is 0 Å². The van der Waals surface area contributed by atoms with Crippen LogP contribution in [0.5, 0.6) is 0 Å². The van der Waals surface area contributed by atoms with Gasteiger partial charge in [0.05, 0.1) is 6.61 Å². The van der Waals surface area contributed by atoms with Gasteiger partial charge in [0.2, 0.25) is 5.72 Å². The summed E-state index contributed by atoms with van der Waals surface area (Å²) in [6.45, 7) is 0.481. The fourth-order valence-electron chi connectivity index (χ4n) is 3.04. The van der Waals surface area contributed by atoms with E-state index in [0.29, 0.717) is 6.42 Å². The monoisotopic (exact) mass is 355 g/mol. The number of hydrogen-bond acceptors (Lipinski definition) is 4. The zero-order valence-electron chi connectivity index (χ0n) is 14.3. The Balaban J connectivity index is 1.69. The normalized spacial score (nSPS) is 19.3. The first-order valence-electron chi connectivity index (χ1n) is 8.51. The molecule has 1 saturated heterocycles. The molecule has 0 unspecified atom stereocenters. The van der Waals surface area contributed by atoms with Gasteiger partial charge < -0.3 is 14.6 Å². The van der Waals surface area contributed by atoms with E-state index in [1.807, 2.05) is 60.7 Å². The Morgan fingerprint density at radius 3 is 2.12 bits per heavy atom. The molecule has 0 spiro atoms. The number of carbonyl (C=O) groups is 2. The average molecular weight is 355 g/mol.